The lowest BCUT2D eigenvalue weighted by molar-refractivity contribution is -0.129. The molecule has 0 aliphatic carbocycles. The minimum atomic E-state index is -1.15. The summed E-state index contributed by atoms with van der Waals surface area (Å²) in [7, 11) is 0. The lowest BCUT2D eigenvalue weighted by Crippen LogP contribution is -2.53. The molecule has 0 amide bonds. The summed E-state index contributed by atoms with van der Waals surface area (Å²) >= 11 is 0. The van der Waals surface area contributed by atoms with Crippen molar-refractivity contribution in [3.63, 3.8) is 0 Å². The van der Waals surface area contributed by atoms with E-state index in [0.29, 0.717) is 13.0 Å². The van der Waals surface area contributed by atoms with Gasteiger partial charge in [0.1, 0.15) is 0 Å². The summed E-state index contributed by atoms with van der Waals surface area (Å²) in [6, 6.07) is 12.5. The Bertz CT molecular complexity index is 1000. The number of carbonyl (C=O) groups excluding carboxylic acids is 1. The third-order valence-corrected chi connectivity index (χ3v) is 6.49. The van der Waals surface area contributed by atoms with Gasteiger partial charge in [-0.05, 0) is 69.0 Å². The van der Waals surface area contributed by atoms with Crippen LogP contribution < -0.4 is 0 Å². The molecule has 2 aromatic carbocycles. The first-order valence-corrected chi connectivity index (χ1v) is 11.2. The lowest BCUT2D eigenvalue weighted by Gasteiger charge is -2.41. The first kappa shape index (κ1) is 23.2. The average Bonchev–Trinajstić information content (AvgIpc) is 2.72. The number of aliphatic hydroxyl groups is 1. The second-order valence-corrected chi connectivity index (χ2v) is 8.98. The molecular formula is C28H35NO2. The number of piperidine rings is 1. The maximum atomic E-state index is 13.2. The van der Waals surface area contributed by atoms with Crippen molar-refractivity contribution >= 4 is 17.9 Å². The first-order chi connectivity index (χ1) is 14.7. The van der Waals surface area contributed by atoms with Gasteiger partial charge in [0, 0.05) is 13.1 Å². The lowest BCUT2D eigenvalue weighted by atomic mass is 9.77. The van der Waals surface area contributed by atoms with E-state index in [9.17, 15) is 9.90 Å². The second-order valence-electron chi connectivity index (χ2n) is 8.98. The van der Waals surface area contributed by atoms with E-state index in [1.807, 2.05) is 24.3 Å². The van der Waals surface area contributed by atoms with Crippen molar-refractivity contribution in [2.75, 3.05) is 19.6 Å². The minimum Gasteiger partial charge on any atom is -0.385 e. The number of hydrogen-bond donors (Lipinski definition) is 1. The van der Waals surface area contributed by atoms with E-state index in [2.05, 4.69) is 69.9 Å². The van der Waals surface area contributed by atoms with Crippen molar-refractivity contribution in [3.8, 4) is 0 Å². The van der Waals surface area contributed by atoms with Gasteiger partial charge >= 0.3 is 0 Å². The summed E-state index contributed by atoms with van der Waals surface area (Å²) in [5.41, 5.74) is 5.71. The van der Waals surface area contributed by atoms with Crippen LogP contribution in [-0.4, -0.2) is 41.0 Å². The summed E-state index contributed by atoms with van der Waals surface area (Å²) in [4.78, 5) is 15.5. The van der Waals surface area contributed by atoms with Gasteiger partial charge in [0.05, 0.1) is 11.5 Å². The van der Waals surface area contributed by atoms with Gasteiger partial charge in [-0.15, -0.1) is 0 Å². The molecule has 0 saturated carbocycles. The SMILES string of the molecule is CCN1CC[C@@](O)(/C=C/c2ccc(C)cc2C)[C@H](C(=O)/C=C/c2ccc(C)cc2C)C1. The highest BCUT2D eigenvalue weighted by Crippen LogP contribution is 2.32. The van der Waals surface area contributed by atoms with Crippen molar-refractivity contribution in [2.24, 2.45) is 5.92 Å². The van der Waals surface area contributed by atoms with Gasteiger partial charge in [-0.3, -0.25) is 4.79 Å². The number of hydrogen-bond acceptors (Lipinski definition) is 3. The van der Waals surface area contributed by atoms with Crippen LogP contribution in [0.3, 0.4) is 0 Å². The molecule has 2 atom stereocenters. The van der Waals surface area contributed by atoms with Crippen molar-refractivity contribution in [3.05, 3.63) is 81.9 Å². The van der Waals surface area contributed by atoms with E-state index in [-0.39, 0.29) is 5.78 Å². The molecule has 3 rings (SSSR count). The van der Waals surface area contributed by atoms with Gasteiger partial charge in [-0.1, -0.05) is 72.7 Å². The number of likely N-dealkylation sites (tertiary alicyclic amines) is 1. The molecule has 0 unspecified atom stereocenters. The van der Waals surface area contributed by atoms with Crippen molar-refractivity contribution in [2.45, 2.75) is 46.6 Å². The zero-order chi connectivity index (χ0) is 22.6. The van der Waals surface area contributed by atoms with E-state index in [1.165, 1.54) is 16.7 Å². The maximum Gasteiger partial charge on any atom is 0.163 e. The van der Waals surface area contributed by atoms with Crippen LogP contribution in [0.1, 0.15) is 46.7 Å². The zero-order valence-electron chi connectivity index (χ0n) is 19.5. The largest absolute Gasteiger partial charge is 0.385 e. The van der Waals surface area contributed by atoms with Gasteiger partial charge in [0.2, 0.25) is 0 Å². The van der Waals surface area contributed by atoms with Gasteiger partial charge in [-0.2, -0.15) is 0 Å². The Morgan fingerprint density at radius 1 is 1.03 bits per heavy atom. The average molecular weight is 418 g/mol. The van der Waals surface area contributed by atoms with Crippen LogP contribution in [0.4, 0.5) is 0 Å². The number of benzene rings is 2. The summed E-state index contributed by atoms with van der Waals surface area (Å²) in [5, 5.41) is 11.5. The highest BCUT2D eigenvalue weighted by atomic mass is 16.3. The third-order valence-electron chi connectivity index (χ3n) is 6.49. The van der Waals surface area contributed by atoms with Crippen LogP contribution in [0.15, 0.2) is 48.6 Å². The molecule has 0 aromatic heterocycles. The molecule has 1 aliphatic heterocycles. The van der Waals surface area contributed by atoms with Gasteiger partial charge < -0.3 is 10.0 Å². The van der Waals surface area contributed by atoms with Crippen LogP contribution in [0, 0.1) is 33.6 Å². The van der Waals surface area contributed by atoms with Gasteiger partial charge in [0.15, 0.2) is 5.78 Å². The molecular weight excluding hydrogens is 382 g/mol. The molecule has 0 spiro atoms. The number of aryl methyl sites for hydroxylation is 4. The zero-order valence-corrected chi connectivity index (χ0v) is 19.5. The summed E-state index contributed by atoms with van der Waals surface area (Å²) in [6.07, 6.45) is 7.92. The molecule has 0 bridgehead atoms. The van der Waals surface area contributed by atoms with Crippen LogP contribution in [0.2, 0.25) is 0 Å². The second kappa shape index (κ2) is 9.76. The normalized spacial score (nSPS) is 22.5. The predicted molar refractivity (Wildman–Crippen MR) is 130 cm³/mol. The standard InChI is InChI=1S/C28H35NO2/c1-6-29-16-15-28(31,14-13-25-10-8-21(3)18-23(25)5)26(19-29)27(30)12-11-24-9-7-20(2)17-22(24)4/h7-14,17-18,26,31H,6,15-16,19H2,1-5H3/b12-11+,14-13+/t26-,28-/m0/s1. The van der Waals surface area contributed by atoms with Crippen LogP contribution in [-0.2, 0) is 4.79 Å². The molecule has 2 aromatic rings. The molecule has 3 nitrogen and oxygen atoms in total. The maximum absolute atomic E-state index is 13.2. The predicted octanol–water partition coefficient (Wildman–Crippen LogP) is 5.29. The highest BCUT2D eigenvalue weighted by molar-refractivity contribution is 5.97. The number of allylic oxidation sites excluding steroid dienone is 1. The summed E-state index contributed by atoms with van der Waals surface area (Å²) < 4.78 is 0. The highest BCUT2D eigenvalue weighted by Gasteiger charge is 2.42. The number of ketones is 1. The minimum absolute atomic E-state index is 0.0223. The van der Waals surface area contributed by atoms with Crippen molar-refractivity contribution in [1.29, 1.82) is 0 Å². The van der Waals surface area contributed by atoms with Crippen LogP contribution in [0.5, 0.6) is 0 Å². The Kier molecular flexibility index (Phi) is 7.30. The molecule has 3 heteroatoms. The van der Waals surface area contributed by atoms with E-state index in [1.54, 1.807) is 6.08 Å². The topological polar surface area (TPSA) is 40.5 Å². The third kappa shape index (κ3) is 5.61. The molecule has 1 N–H and O–H groups in total. The Morgan fingerprint density at radius 2 is 1.61 bits per heavy atom. The van der Waals surface area contributed by atoms with Gasteiger partial charge in [0.25, 0.3) is 0 Å². The number of carbonyl (C=O) groups is 1. The quantitative estimate of drug-likeness (QED) is 0.649. The van der Waals surface area contributed by atoms with E-state index in [4.69, 9.17) is 0 Å². The Hall–Kier alpha value is -2.49. The molecule has 1 saturated heterocycles. The fraction of sp³-hybridized carbons (Fsp3) is 0.393. The monoisotopic (exact) mass is 417 g/mol. The van der Waals surface area contributed by atoms with E-state index in [0.717, 1.165) is 29.8 Å². The fourth-order valence-corrected chi connectivity index (χ4v) is 4.39. The molecule has 1 aliphatic rings. The van der Waals surface area contributed by atoms with Crippen molar-refractivity contribution < 1.29 is 9.90 Å². The smallest absolute Gasteiger partial charge is 0.163 e. The number of nitrogens with zero attached hydrogens (tertiary/aromatic N) is 1. The molecule has 0 radical (unpaired) electrons. The molecule has 1 fully saturated rings. The summed E-state index contributed by atoms with van der Waals surface area (Å²) in [6.45, 7) is 12.6. The Balaban J connectivity index is 1.86. The number of rotatable bonds is 6. The van der Waals surface area contributed by atoms with E-state index < -0.39 is 11.5 Å². The summed E-state index contributed by atoms with van der Waals surface area (Å²) in [5.74, 6) is -0.504. The van der Waals surface area contributed by atoms with Crippen molar-refractivity contribution in [1.82, 2.24) is 4.90 Å². The molecule has 1 heterocycles. The molecule has 31 heavy (non-hydrogen) atoms. The molecule has 164 valence electrons. The Labute approximate surface area is 187 Å². The van der Waals surface area contributed by atoms with Crippen LogP contribution in [0.25, 0.3) is 12.2 Å². The van der Waals surface area contributed by atoms with E-state index >= 15 is 0 Å². The van der Waals surface area contributed by atoms with Gasteiger partial charge in [-0.25, -0.2) is 0 Å². The Morgan fingerprint density at radius 3 is 2.16 bits per heavy atom. The van der Waals surface area contributed by atoms with Crippen LogP contribution >= 0.6 is 0 Å². The fourth-order valence-electron chi connectivity index (χ4n) is 4.39. The first-order valence-electron chi connectivity index (χ1n) is 11.2.